The normalized spacial score (nSPS) is 15.4. The zero-order chi connectivity index (χ0) is 18.8. The van der Waals surface area contributed by atoms with Gasteiger partial charge in [-0.1, -0.05) is 18.6 Å². The molecule has 0 saturated carbocycles. The van der Waals surface area contributed by atoms with Crippen LogP contribution in [0.15, 0.2) is 36.4 Å². The number of aromatic nitrogens is 2. The van der Waals surface area contributed by atoms with E-state index in [-0.39, 0.29) is 27.8 Å². The van der Waals surface area contributed by atoms with Crippen molar-refractivity contribution in [1.82, 2.24) is 4.90 Å². The molecule has 0 unspecified atom stereocenters. The Kier molecular flexibility index (Phi) is 4.85. The standard InChI is InChI=1S/C20H23N3O4/c24-17-9-4-7-15-19(17)22(25)16-8-5-10-18(20(16)23(15)26)27-14-6-13-21-11-2-1-3-12-21/h4-5,7-10,24H,1-3,6,11-14H2. The quantitative estimate of drug-likeness (QED) is 0.323. The van der Waals surface area contributed by atoms with E-state index in [1.165, 1.54) is 31.4 Å². The molecule has 0 amide bonds. The molecule has 0 bridgehead atoms. The van der Waals surface area contributed by atoms with Gasteiger partial charge in [-0.05, 0) is 44.5 Å². The van der Waals surface area contributed by atoms with Crippen molar-refractivity contribution >= 4 is 22.1 Å². The third-order valence-corrected chi connectivity index (χ3v) is 5.14. The second-order valence-corrected chi connectivity index (χ2v) is 6.96. The number of benzene rings is 2. The number of para-hydroxylation sites is 2. The van der Waals surface area contributed by atoms with Gasteiger partial charge in [0, 0.05) is 18.7 Å². The van der Waals surface area contributed by atoms with Crippen LogP contribution in [-0.2, 0) is 0 Å². The fourth-order valence-electron chi connectivity index (χ4n) is 3.78. The van der Waals surface area contributed by atoms with Crippen LogP contribution < -0.4 is 14.2 Å². The number of hydrogen-bond donors (Lipinski definition) is 1. The summed E-state index contributed by atoms with van der Waals surface area (Å²) in [7, 11) is 0. The molecule has 7 nitrogen and oxygen atoms in total. The molecule has 7 heteroatoms. The molecular formula is C20H23N3O4. The number of ether oxygens (including phenoxy) is 1. The predicted octanol–water partition coefficient (Wildman–Crippen LogP) is 2.22. The molecule has 1 saturated heterocycles. The summed E-state index contributed by atoms with van der Waals surface area (Å²) >= 11 is 0. The van der Waals surface area contributed by atoms with Gasteiger partial charge in [0.1, 0.15) is 0 Å². The lowest BCUT2D eigenvalue weighted by Gasteiger charge is -2.26. The molecular weight excluding hydrogens is 346 g/mol. The number of hydrogen-bond acceptors (Lipinski definition) is 5. The molecule has 4 rings (SSSR count). The van der Waals surface area contributed by atoms with Crippen molar-refractivity contribution in [1.29, 1.82) is 0 Å². The Bertz CT molecular complexity index is 970. The summed E-state index contributed by atoms with van der Waals surface area (Å²) in [5, 5.41) is 35.5. The molecule has 27 heavy (non-hydrogen) atoms. The highest BCUT2D eigenvalue weighted by Crippen LogP contribution is 2.25. The third kappa shape index (κ3) is 3.30. The van der Waals surface area contributed by atoms with E-state index < -0.39 is 0 Å². The first kappa shape index (κ1) is 17.6. The van der Waals surface area contributed by atoms with Crippen molar-refractivity contribution in [3.8, 4) is 11.5 Å². The van der Waals surface area contributed by atoms with Crippen LogP contribution >= 0.6 is 0 Å². The van der Waals surface area contributed by atoms with Gasteiger partial charge in [0.25, 0.3) is 11.0 Å². The van der Waals surface area contributed by atoms with Crippen LogP contribution in [0.2, 0.25) is 0 Å². The minimum Gasteiger partial charge on any atom is -0.617 e. The largest absolute Gasteiger partial charge is 0.617 e. The number of phenols is 1. The van der Waals surface area contributed by atoms with Crippen LogP contribution in [-0.4, -0.2) is 36.2 Å². The van der Waals surface area contributed by atoms with Crippen LogP contribution in [0, 0.1) is 10.4 Å². The number of rotatable bonds is 5. The summed E-state index contributed by atoms with van der Waals surface area (Å²) in [5.41, 5.74) is 0.431. The molecule has 142 valence electrons. The molecule has 1 fully saturated rings. The minimum atomic E-state index is -0.221. The molecule has 2 aromatic carbocycles. The van der Waals surface area contributed by atoms with Crippen LogP contribution in [0.5, 0.6) is 11.5 Å². The highest BCUT2D eigenvalue weighted by atomic mass is 16.5. The van der Waals surface area contributed by atoms with Crippen molar-refractivity contribution < 1.29 is 19.3 Å². The number of piperidine rings is 1. The maximum absolute atomic E-state index is 12.9. The van der Waals surface area contributed by atoms with Gasteiger partial charge < -0.3 is 25.2 Å². The SMILES string of the molecule is [O-][n+]1c2cccc(OCCCN3CCCCC3)c2[n+]([O-])c2cccc(O)c21. The Hall–Kier alpha value is -2.80. The van der Waals surface area contributed by atoms with Crippen LogP contribution in [0.3, 0.4) is 0 Å². The van der Waals surface area contributed by atoms with Gasteiger partial charge in [-0.2, -0.15) is 9.46 Å². The maximum Gasteiger partial charge on any atom is 0.332 e. The Morgan fingerprint density at radius 1 is 0.926 bits per heavy atom. The summed E-state index contributed by atoms with van der Waals surface area (Å²) in [6.07, 6.45) is 4.68. The lowest BCUT2D eigenvalue weighted by atomic mass is 10.1. The van der Waals surface area contributed by atoms with Gasteiger partial charge in [-0.15, -0.1) is 0 Å². The Balaban J connectivity index is 1.60. The fraction of sp³-hybridized carbons (Fsp3) is 0.400. The van der Waals surface area contributed by atoms with E-state index in [0.29, 0.717) is 21.8 Å². The molecule has 0 aliphatic carbocycles. The molecule has 1 N–H and O–H groups in total. The van der Waals surface area contributed by atoms with E-state index in [0.717, 1.165) is 26.1 Å². The summed E-state index contributed by atoms with van der Waals surface area (Å²) in [4.78, 5) is 2.44. The maximum atomic E-state index is 12.9. The van der Waals surface area contributed by atoms with Crippen molar-refractivity contribution in [2.24, 2.45) is 0 Å². The highest BCUT2D eigenvalue weighted by Gasteiger charge is 2.27. The molecule has 1 aliphatic heterocycles. The number of phenolic OH excluding ortho intramolecular Hbond substituents is 1. The fourth-order valence-corrected chi connectivity index (χ4v) is 3.78. The number of nitrogens with zero attached hydrogens (tertiary/aromatic N) is 3. The molecule has 2 heterocycles. The summed E-state index contributed by atoms with van der Waals surface area (Å²) < 4.78 is 7.12. The Morgan fingerprint density at radius 2 is 1.59 bits per heavy atom. The first-order chi connectivity index (χ1) is 13.2. The van der Waals surface area contributed by atoms with Gasteiger partial charge >= 0.3 is 11.0 Å². The van der Waals surface area contributed by atoms with Gasteiger partial charge in [0.05, 0.1) is 6.61 Å². The Morgan fingerprint density at radius 3 is 2.37 bits per heavy atom. The number of likely N-dealkylation sites (tertiary alicyclic amines) is 1. The summed E-state index contributed by atoms with van der Waals surface area (Å²) in [6, 6.07) is 9.39. The zero-order valence-electron chi connectivity index (χ0n) is 15.1. The van der Waals surface area contributed by atoms with E-state index in [4.69, 9.17) is 4.74 Å². The first-order valence-electron chi connectivity index (χ1n) is 9.41. The molecule has 1 aliphatic rings. The average Bonchev–Trinajstić information content (AvgIpc) is 2.70. The molecule has 0 atom stereocenters. The number of fused-ring (bicyclic) bond motifs is 2. The lowest BCUT2D eigenvalue weighted by Crippen LogP contribution is -2.39. The topological polar surface area (TPSA) is 86.6 Å². The van der Waals surface area contributed by atoms with Crippen LogP contribution in [0.4, 0.5) is 0 Å². The van der Waals surface area contributed by atoms with Crippen molar-refractivity contribution in [3.63, 3.8) is 0 Å². The van der Waals surface area contributed by atoms with Gasteiger partial charge in [0.15, 0.2) is 11.5 Å². The first-order valence-corrected chi connectivity index (χ1v) is 9.41. The van der Waals surface area contributed by atoms with E-state index in [2.05, 4.69) is 4.90 Å². The molecule has 1 aromatic heterocycles. The van der Waals surface area contributed by atoms with Crippen LogP contribution in [0.25, 0.3) is 22.1 Å². The predicted molar refractivity (Wildman–Crippen MR) is 101 cm³/mol. The van der Waals surface area contributed by atoms with Crippen molar-refractivity contribution in [2.75, 3.05) is 26.2 Å². The zero-order valence-corrected chi connectivity index (χ0v) is 15.1. The van der Waals surface area contributed by atoms with E-state index in [1.54, 1.807) is 24.3 Å². The van der Waals surface area contributed by atoms with Crippen molar-refractivity contribution in [3.05, 3.63) is 46.8 Å². The second kappa shape index (κ2) is 7.44. The monoisotopic (exact) mass is 369 g/mol. The van der Waals surface area contributed by atoms with E-state index >= 15 is 0 Å². The molecule has 0 radical (unpaired) electrons. The van der Waals surface area contributed by atoms with Crippen LogP contribution in [0.1, 0.15) is 25.7 Å². The third-order valence-electron chi connectivity index (χ3n) is 5.14. The van der Waals surface area contributed by atoms with Gasteiger partial charge in [0.2, 0.25) is 0 Å². The van der Waals surface area contributed by atoms with E-state index in [1.807, 2.05) is 0 Å². The van der Waals surface area contributed by atoms with Gasteiger partial charge in [-0.3, -0.25) is 0 Å². The van der Waals surface area contributed by atoms with Gasteiger partial charge in [-0.25, -0.2) is 0 Å². The van der Waals surface area contributed by atoms with E-state index in [9.17, 15) is 15.5 Å². The van der Waals surface area contributed by atoms with Crippen molar-refractivity contribution in [2.45, 2.75) is 25.7 Å². The second-order valence-electron chi connectivity index (χ2n) is 6.96. The lowest BCUT2D eigenvalue weighted by molar-refractivity contribution is -0.591. The smallest absolute Gasteiger partial charge is 0.332 e. The number of aromatic hydroxyl groups is 1. The minimum absolute atomic E-state index is 0.0396. The average molecular weight is 369 g/mol. The summed E-state index contributed by atoms with van der Waals surface area (Å²) in [6.45, 7) is 3.73. The summed E-state index contributed by atoms with van der Waals surface area (Å²) in [5.74, 6) is 0.165. The molecule has 0 spiro atoms. The Labute approximate surface area is 157 Å². The highest BCUT2D eigenvalue weighted by molar-refractivity contribution is 5.83. The molecule has 3 aromatic rings.